The van der Waals surface area contributed by atoms with Crippen LogP contribution < -0.4 is 5.01 Å². The largest absolute Gasteiger partial charge is 0.309 e. The Morgan fingerprint density at radius 2 is 1.89 bits per heavy atom. The molecule has 1 aromatic carbocycles. The molecule has 2 heterocycles. The summed E-state index contributed by atoms with van der Waals surface area (Å²) in [5.41, 5.74) is 4.43. The van der Waals surface area contributed by atoms with Crippen LogP contribution in [0.15, 0.2) is 36.5 Å². The lowest BCUT2D eigenvalue weighted by atomic mass is 9.99. The molecule has 0 fully saturated rings. The summed E-state index contributed by atoms with van der Waals surface area (Å²) < 4.78 is 13.2. The highest BCUT2D eigenvalue weighted by atomic mass is 19.1. The van der Waals surface area contributed by atoms with Gasteiger partial charge < -0.3 is 5.01 Å². The summed E-state index contributed by atoms with van der Waals surface area (Å²) in [6, 6.07) is 9.58. The van der Waals surface area contributed by atoms with Crippen molar-refractivity contribution in [1.29, 1.82) is 0 Å². The highest BCUT2D eigenvalue weighted by Gasteiger charge is 2.18. The Balaban J connectivity index is 2.03. The number of fused-ring (bicyclic) bond motifs is 1. The van der Waals surface area contributed by atoms with Crippen LogP contribution >= 0.6 is 0 Å². The average molecular weight is 257 g/mol. The molecule has 0 N–H and O–H groups in total. The quantitative estimate of drug-likeness (QED) is 0.732. The normalized spacial score (nSPS) is 15.4. The first-order chi connectivity index (χ1) is 9.15. The summed E-state index contributed by atoms with van der Waals surface area (Å²) in [7, 11) is 4.14. The van der Waals surface area contributed by atoms with Gasteiger partial charge in [0, 0.05) is 32.9 Å². The molecule has 0 bridgehead atoms. The molecule has 0 amide bonds. The fourth-order valence-corrected chi connectivity index (χ4v) is 2.48. The third kappa shape index (κ3) is 2.19. The van der Waals surface area contributed by atoms with Crippen molar-refractivity contribution in [3.8, 4) is 11.1 Å². The number of hydrogen-bond donors (Lipinski definition) is 0. The number of anilines is 1. The summed E-state index contributed by atoms with van der Waals surface area (Å²) in [5, 5.41) is 4.34. The molecule has 1 aromatic heterocycles. The molecule has 19 heavy (non-hydrogen) atoms. The number of aromatic nitrogens is 1. The maximum atomic E-state index is 13.2. The molecular weight excluding hydrogens is 241 g/mol. The fourth-order valence-electron chi connectivity index (χ4n) is 2.48. The number of hydrazine groups is 1. The van der Waals surface area contributed by atoms with Gasteiger partial charge in [0.15, 0.2) is 0 Å². The molecule has 2 aromatic rings. The highest BCUT2D eigenvalue weighted by Crippen LogP contribution is 2.30. The Labute approximate surface area is 112 Å². The maximum Gasteiger partial charge on any atom is 0.213 e. The van der Waals surface area contributed by atoms with Gasteiger partial charge in [-0.05, 0) is 41.3 Å². The Morgan fingerprint density at radius 3 is 2.68 bits per heavy atom. The second-order valence-electron chi connectivity index (χ2n) is 4.87. The Morgan fingerprint density at radius 1 is 1.11 bits per heavy atom. The average Bonchev–Trinajstić information content (AvgIpc) is 2.43. The van der Waals surface area contributed by atoms with Gasteiger partial charge in [0.1, 0.15) is 0 Å². The highest BCUT2D eigenvalue weighted by molar-refractivity contribution is 5.69. The van der Waals surface area contributed by atoms with E-state index in [2.05, 4.69) is 41.2 Å². The second kappa shape index (κ2) is 4.63. The van der Waals surface area contributed by atoms with Crippen LogP contribution in [0.4, 0.5) is 10.1 Å². The van der Waals surface area contributed by atoms with Crippen molar-refractivity contribution in [2.75, 3.05) is 25.6 Å². The summed E-state index contributed by atoms with van der Waals surface area (Å²) in [4.78, 5) is 3.59. The van der Waals surface area contributed by atoms with Crippen molar-refractivity contribution in [2.45, 2.75) is 6.42 Å². The molecule has 1 aliphatic heterocycles. The minimum atomic E-state index is -0.438. The van der Waals surface area contributed by atoms with Crippen LogP contribution in [0.25, 0.3) is 11.1 Å². The lowest BCUT2D eigenvalue weighted by Gasteiger charge is -2.36. The summed E-state index contributed by atoms with van der Waals surface area (Å²) in [5.74, 6) is -0.438. The van der Waals surface area contributed by atoms with Crippen molar-refractivity contribution in [1.82, 2.24) is 9.99 Å². The molecule has 1 aliphatic rings. The van der Waals surface area contributed by atoms with E-state index < -0.39 is 5.95 Å². The van der Waals surface area contributed by atoms with Gasteiger partial charge in [-0.3, -0.25) is 0 Å². The first kappa shape index (κ1) is 12.1. The SMILES string of the molecule is CN1CCc2cc(-c3ccnc(F)c3)ccc2N1C. The number of pyridine rings is 1. The van der Waals surface area contributed by atoms with E-state index in [1.165, 1.54) is 23.5 Å². The molecule has 0 aliphatic carbocycles. The zero-order chi connectivity index (χ0) is 13.4. The van der Waals surface area contributed by atoms with Gasteiger partial charge in [-0.15, -0.1) is 0 Å². The molecule has 0 radical (unpaired) electrons. The van der Waals surface area contributed by atoms with E-state index in [0.717, 1.165) is 24.1 Å². The van der Waals surface area contributed by atoms with Gasteiger partial charge in [-0.1, -0.05) is 6.07 Å². The predicted molar refractivity (Wildman–Crippen MR) is 74.4 cm³/mol. The molecule has 0 unspecified atom stereocenters. The van der Waals surface area contributed by atoms with Gasteiger partial charge in [-0.2, -0.15) is 4.39 Å². The molecule has 0 saturated heterocycles. The molecular formula is C15H16FN3. The molecule has 3 nitrogen and oxygen atoms in total. The summed E-state index contributed by atoms with van der Waals surface area (Å²) in [6.07, 6.45) is 2.52. The number of likely N-dealkylation sites (N-methyl/N-ethyl adjacent to an activating group) is 1. The predicted octanol–water partition coefficient (Wildman–Crippen LogP) is 2.73. The van der Waals surface area contributed by atoms with Crippen LogP contribution in [0.1, 0.15) is 5.56 Å². The van der Waals surface area contributed by atoms with E-state index in [4.69, 9.17) is 0 Å². The number of rotatable bonds is 1. The van der Waals surface area contributed by atoms with Crippen molar-refractivity contribution in [2.24, 2.45) is 0 Å². The fraction of sp³-hybridized carbons (Fsp3) is 0.267. The van der Waals surface area contributed by atoms with Crippen LogP contribution in [-0.2, 0) is 6.42 Å². The van der Waals surface area contributed by atoms with E-state index in [-0.39, 0.29) is 0 Å². The second-order valence-corrected chi connectivity index (χ2v) is 4.87. The standard InChI is InChI=1S/C15H16FN3/c1-18-8-6-13-9-11(3-4-14(13)19(18)2)12-5-7-17-15(16)10-12/h3-5,7,9-10H,6,8H2,1-2H3. The summed E-state index contributed by atoms with van der Waals surface area (Å²) >= 11 is 0. The van der Waals surface area contributed by atoms with Crippen LogP contribution in [0.2, 0.25) is 0 Å². The molecule has 0 atom stereocenters. The maximum absolute atomic E-state index is 13.2. The van der Waals surface area contributed by atoms with Crippen molar-refractivity contribution in [3.63, 3.8) is 0 Å². The van der Waals surface area contributed by atoms with Gasteiger partial charge in [0.25, 0.3) is 0 Å². The molecule has 4 heteroatoms. The van der Waals surface area contributed by atoms with Crippen molar-refractivity contribution in [3.05, 3.63) is 48.0 Å². The minimum absolute atomic E-state index is 0.438. The Bertz CT molecular complexity index is 612. The van der Waals surface area contributed by atoms with Crippen LogP contribution in [0.5, 0.6) is 0 Å². The Hall–Kier alpha value is -1.94. The van der Waals surface area contributed by atoms with Crippen molar-refractivity contribution < 1.29 is 4.39 Å². The topological polar surface area (TPSA) is 19.4 Å². The summed E-state index contributed by atoms with van der Waals surface area (Å²) in [6.45, 7) is 0.998. The van der Waals surface area contributed by atoms with Gasteiger partial charge in [0.05, 0.1) is 5.69 Å². The first-order valence-electron chi connectivity index (χ1n) is 6.35. The number of hydrogen-bond acceptors (Lipinski definition) is 3. The zero-order valence-electron chi connectivity index (χ0n) is 11.1. The van der Waals surface area contributed by atoms with Crippen LogP contribution in [0.3, 0.4) is 0 Å². The van der Waals surface area contributed by atoms with E-state index in [1.54, 1.807) is 0 Å². The minimum Gasteiger partial charge on any atom is -0.309 e. The molecule has 98 valence electrons. The number of benzene rings is 1. The van der Waals surface area contributed by atoms with Crippen LogP contribution in [0, 0.1) is 5.95 Å². The van der Waals surface area contributed by atoms with E-state index in [9.17, 15) is 4.39 Å². The third-order valence-electron chi connectivity index (χ3n) is 3.70. The molecule has 0 saturated carbocycles. The number of nitrogens with zero attached hydrogens (tertiary/aromatic N) is 3. The molecule has 3 rings (SSSR count). The van der Waals surface area contributed by atoms with E-state index in [1.807, 2.05) is 12.1 Å². The van der Waals surface area contributed by atoms with Gasteiger partial charge in [-0.25, -0.2) is 9.99 Å². The molecule has 0 spiro atoms. The third-order valence-corrected chi connectivity index (χ3v) is 3.70. The first-order valence-corrected chi connectivity index (χ1v) is 6.35. The van der Waals surface area contributed by atoms with Crippen molar-refractivity contribution >= 4 is 5.69 Å². The van der Waals surface area contributed by atoms with E-state index in [0.29, 0.717) is 0 Å². The van der Waals surface area contributed by atoms with Gasteiger partial charge in [0.2, 0.25) is 5.95 Å². The van der Waals surface area contributed by atoms with Crippen LogP contribution in [-0.4, -0.2) is 30.6 Å². The smallest absolute Gasteiger partial charge is 0.213 e. The lowest BCUT2D eigenvalue weighted by molar-refractivity contribution is 0.314. The van der Waals surface area contributed by atoms with E-state index >= 15 is 0 Å². The zero-order valence-corrected chi connectivity index (χ0v) is 11.1. The Kier molecular flexibility index (Phi) is 2.95. The lowest BCUT2D eigenvalue weighted by Crippen LogP contribution is -2.41. The van der Waals surface area contributed by atoms with Gasteiger partial charge >= 0.3 is 0 Å². The monoisotopic (exact) mass is 257 g/mol. The number of halogens is 1.